The molecule has 0 heterocycles. The summed E-state index contributed by atoms with van der Waals surface area (Å²) in [4.78, 5) is 0. The largest absolute Gasteiger partial charge is 0.507 e. The average molecular weight is 224 g/mol. The van der Waals surface area contributed by atoms with Gasteiger partial charge in [-0.05, 0) is 36.4 Å². The molecule has 2 aromatic rings. The van der Waals surface area contributed by atoms with E-state index in [1.807, 2.05) is 12.1 Å². The molecule has 84 valence electrons. The van der Waals surface area contributed by atoms with Gasteiger partial charge in [0.1, 0.15) is 5.75 Å². The predicted molar refractivity (Wildman–Crippen MR) is 69.4 cm³/mol. The molecule has 0 fully saturated rings. The van der Waals surface area contributed by atoms with Gasteiger partial charge in [0.2, 0.25) is 0 Å². The molecular weight excluding hydrogens is 212 g/mol. The third-order valence-corrected chi connectivity index (χ3v) is 2.27. The first-order valence-electron chi connectivity index (χ1n) is 5.11. The summed E-state index contributed by atoms with van der Waals surface area (Å²) in [6.07, 6.45) is 0. The zero-order chi connectivity index (χ0) is 12.3. The van der Waals surface area contributed by atoms with E-state index >= 15 is 0 Å². The lowest BCUT2D eigenvalue weighted by atomic mass is 10.1. The molecule has 0 aliphatic heterocycles. The Balaban J connectivity index is 2.29. The molecule has 0 spiro atoms. The number of anilines is 2. The summed E-state index contributed by atoms with van der Waals surface area (Å²) in [6, 6.07) is 12.1. The maximum absolute atomic E-state index is 9.61. The Morgan fingerprint density at radius 1 is 0.824 bits per heavy atom. The molecular formula is C14H12N2O. The summed E-state index contributed by atoms with van der Waals surface area (Å²) >= 11 is 0. The molecule has 0 atom stereocenters. The molecule has 0 aliphatic carbocycles. The third kappa shape index (κ3) is 2.70. The fourth-order valence-electron chi connectivity index (χ4n) is 1.36. The maximum atomic E-state index is 9.61. The van der Waals surface area contributed by atoms with E-state index < -0.39 is 0 Å². The van der Waals surface area contributed by atoms with Crippen molar-refractivity contribution >= 4 is 11.4 Å². The molecule has 17 heavy (non-hydrogen) atoms. The lowest BCUT2D eigenvalue weighted by molar-refractivity contribution is 0.474. The minimum atomic E-state index is 0.0907. The summed E-state index contributed by atoms with van der Waals surface area (Å²) in [5.74, 6) is 5.91. The van der Waals surface area contributed by atoms with Crippen LogP contribution in [0.25, 0.3) is 0 Å². The molecule has 0 amide bonds. The van der Waals surface area contributed by atoms with E-state index in [1.165, 1.54) is 6.07 Å². The van der Waals surface area contributed by atoms with Crippen molar-refractivity contribution in [3.8, 4) is 17.6 Å². The first-order chi connectivity index (χ1) is 8.15. The molecule has 0 bridgehead atoms. The number of hydrogen-bond acceptors (Lipinski definition) is 3. The number of nitrogens with two attached hydrogens (primary N) is 2. The summed E-state index contributed by atoms with van der Waals surface area (Å²) in [6.45, 7) is 0. The lowest BCUT2D eigenvalue weighted by Crippen LogP contribution is -1.85. The van der Waals surface area contributed by atoms with E-state index in [4.69, 9.17) is 11.5 Å². The lowest BCUT2D eigenvalue weighted by Gasteiger charge is -1.97. The zero-order valence-corrected chi connectivity index (χ0v) is 9.14. The fraction of sp³-hybridized carbons (Fsp3) is 0. The van der Waals surface area contributed by atoms with Gasteiger partial charge in [0.05, 0.1) is 5.56 Å². The van der Waals surface area contributed by atoms with Crippen molar-refractivity contribution in [2.24, 2.45) is 0 Å². The van der Waals surface area contributed by atoms with Crippen molar-refractivity contribution in [3.05, 3.63) is 53.6 Å². The Morgan fingerprint density at radius 2 is 1.47 bits per heavy atom. The molecule has 0 unspecified atom stereocenters. The minimum Gasteiger partial charge on any atom is -0.507 e. The summed E-state index contributed by atoms with van der Waals surface area (Å²) < 4.78 is 0. The molecule has 2 rings (SSSR count). The minimum absolute atomic E-state index is 0.0907. The van der Waals surface area contributed by atoms with E-state index in [2.05, 4.69) is 11.8 Å². The summed E-state index contributed by atoms with van der Waals surface area (Å²) in [5, 5.41) is 9.61. The second-order valence-corrected chi connectivity index (χ2v) is 3.65. The van der Waals surface area contributed by atoms with Crippen LogP contribution in [0, 0.1) is 11.8 Å². The molecule has 0 saturated heterocycles. The average Bonchev–Trinajstić information content (AvgIpc) is 2.30. The standard InChI is InChI=1S/C14H12N2O/c15-12-6-2-10(3-7-12)1-4-11-5-8-13(16)9-14(11)17/h2-3,5-9,17H,15-16H2. The Kier molecular flexibility index (Phi) is 2.89. The van der Waals surface area contributed by atoms with E-state index in [0.29, 0.717) is 16.9 Å². The van der Waals surface area contributed by atoms with Crippen molar-refractivity contribution in [3.63, 3.8) is 0 Å². The predicted octanol–water partition coefficient (Wildman–Crippen LogP) is 1.96. The SMILES string of the molecule is Nc1ccc(C#Cc2ccc(N)cc2O)cc1. The Bertz CT molecular complexity index is 592. The molecule has 0 aliphatic rings. The zero-order valence-electron chi connectivity index (χ0n) is 9.14. The number of benzene rings is 2. The second-order valence-electron chi connectivity index (χ2n) is 3.65. The van der Waals surface area contributed by atoms with Gasteiger partial charge in [-0.25, -0.2) is 0 Å². The van der Waals surface area contributed by atoms with Crippen LogP contribution < -0.4 is 11.5 Å². The normalized spacial score (nSPS) is 9.41. The van der Waals surface area contributed by atoms with Gasteiger partial charge in [-0.3, -0.25) is 0 Å². The van der Waals surface area contributed by atoms with E-state index in [-0.39, 0.29) is 5.75 Å². The maximum Gasteiger partial charge on any atom is 0.133 e. The highest BCUT2D eigenvalue weighted by Gasteiger charge is 1.97. The van der Waals surface area contributed by atoms with Gasteiger partial charge in [-0.1, -0.05) is 11.8 Å². The Morgan fingerprint density at radius 3 is 2.12 bits per heavy atom. The van der Waals surface area contributed by atoms with E-state index in [1.54, 1.807) is 24.3 Å². The fourth-order valence-corrected chi connectivity index (χ4v) is 1.36. The van der Waals surface area contributed by atoms with E-state index in [9.17, 15) is 5.11 Å². The van der Waals surface area contributed by atoms with Crippen LogP contribution in [0.2, 0.25) is 0 Å². The molecule has 0 saturated carbocycles. The highest BCUT2D eigenvalue weighted by Crippen LogP contribution is 2.18. The monoisotopic (exact) mass is 224 g/mol. The van der Waals surface area contributed by atoms with Crippen LogP contribution in [-0.2, 0) is 0 Å². The van der Waals surface area contributed by atoms with Crippen LogP contribution in [0.4, 0.5) is 11.4 Å². The first kappa shape index (κ1) is 10.9. The van der Waals surface area contributed by atoms with Crippen molar-refractivity contribution in [1.29, 1.82) is 0 Å². The van der Waals surface area contributed by atoms with Gasteiger partial charge in [0.25, 0.3) is 0 Å². The quantitative estimate of drug-likeness (QED) is 0.473. The number of phenols is 1. The molecule has 0 aromatic heterocycles. The van der Waals surface area contributed by atoms with Gasteiger partial charge >= 0.3 is 0 Å². The van der Waals surface area contributed by atoms with Crippen LogP contribution in [0.5, 0.6) is 5.75 Å². The smallest absolute Gasteiger partial charge is 0.133 e. The number of aromatic hydroxyl groups is 1. The Hall–Kier alpha value is -2.60. The van der Waals surface area contributed by atoms with Gasteiger partial charge in [0, 0.05) is 23.0 Å². The number of nitrogen functional groups attached to an aromatic ring is 2. The van der Waals surface area contributed by atoms with E-state index in [0.717, 1.165) is 5.56 Å². The highest BCUT2D eigenvalue weighted by molar-refractivity contribution is 5.56. The topological polar surface area (TPSA) is 72.3 Å². The van der Waals surface area contributed by atoms with Crippen LogP contribution in [0.15, 0.2) is 42.5 Å². The van der Waals surface area contributed by atoms with Crippen LogP contribution >= 0.6 is 0 Å². The number of phenolic OH excluding ortho intramolecular Hbond substituents is 1. The Labute approximate surface area is 99.7 Å². The van der Waals surface area contributed by atoms with Crippen molar-refractivity contribution in [2.45, 2.75) is 0 Å². The molecule has 3 nitrogen and oxygen atoms in total. The summed E-state index contributed by atoms with van der Waals surface area (Å²) in [5.41, 5.74) is 13.7. The van der Waals surface area contributed by atoms with Gasteiger partial charge < -0.3 is 16.6 Å². The number of rotatable bonds is 0. The van der Waals surface area contributed by atoms with Crippen LogP contribution in [-0.4, -0.2) is 5.11 Å². The van der Waals surface area contributed by atoms with Crippen LogP contribution in [0.3, 0.4) is 0 Å². The van der Waals surface area contributed by atoms with Crippen molar-refractivity contribution in [2.75, 3.05) is 11.5 Å². The second kappa shape index (κ2) is 4.50. The molecule has 5 N–H and O–H groups in total. The van der Waals surface area contributed by atoms with Crippen molar-refractivity contribution in [1.82, 2.24) is 0 Å². The van der Waals surface area contributed by atoms with Gasteiger partial charge in [-0.15, -0.1) is 0 Å². The summed E-state index contributed by atoms with van der Waals surface area (Å²) in [7, 11) is 0. The third-order valence-electron chi connectivity index (χ3n) is 2.27. The van der Waals surface area contributed by atoms with Crippen LogP contribution in [0.1, 0.15) is 11.1 Å². The molecule has 0 radical (unpaired) electrons. The molecule has 3 heteroatoms. The van der Waals surface area contributed by atoms with Gasteiger partial charge in [-0.2, -0.15) is 0 Å². The molecule has 2 aromatic carbocycles. The highest BCUT2D eigenvalue weighted by atomic mass is 16.3. The van der Waals surface area contributed by atoms with Gasteiger partial charge in [0.15, 0.2) is 0 Å². The first-order valence-corrected chi connectivity index (χ1v) is 5.11. The van der Waals surface area contributed by atoms with Crippen molar-refractivity contribution < 1.29 is 5.11 Å². The number of hydrogen-bond donors (Lipinski definition) is 3.